The normalized spacial score (nSPS) is 44.1. The van der Waals surface area contributed by atoms with E-state index in [1.807, 2.05) is 0 Å². The van der Waals surface area contributed by atoms with E-state index in [-0.39, 0.29) is 0 Å². The maximum absolute atomic E-state index is 2.59. The van der Waals surface area contributed by atoms with E-state index in [1.165, 1.54) is 64.2 Å². The predicted molar refractivity (Wildman–Crippen MR) is 154 cm³/mol. The highest BCUT2D eigenvalue weighted by molar-refractivity contribution is 4.97. The molecule has 10 unspecified atom stereocenters. The molecule has 5 fully saturated rings. The standard InChI is InChI=1S/C19H34.C16H30/c1-3-4-11-17-14(2)13-16-10-7-12-18(16)19(17)15-8-5-6-9-15;1-4-13-7-9-14(5-2)16(11-13)15-8-6-12(3)10-15/h14-19H,3-13H2,1-2H3;12-16H,4-11H2,1-3H3. The molecule has 5 saturated carbocycles. The van der Waals surface area contributed by atoms with Gasteiger partial charge in [0.15, 0.2) is 0 Å². The Hall–Kier alpha value is 0. The van der Waals surface area contributed by atoms with Crippen LogP contribution in [0.1, 0.15) is 157 Å². The largest absolute Gasteiger partial charge is 0.0654 e. The van der Waals surface area contributed by atoms with E-state index in [0.29, 0.717) is 0 Å². The maximum Gasteiger partial charge on any atom is -0.0324 e. The zero-order valence-corrected chi connectivity index (χ0v) is 24.8. The Kier molecular flexibility index (Phi) is 11.0. The highest BCUT2D eigenvalue weighted by Gasteiger charge is 2.47. The third-order valence-corrected chi connectivity index (χ3v) is 12.5. The van der Waals surface area contributed by atoms with Gasteiger partial charge in [-0.05, 0) is 110 Å². The second-order valence-electron chi connectivity index (χ2n) is 14.6. The summed E-state index contributed by atoms with van der Waals surface area (Å²) in [6, 6.07) is 0. The average molecular weight is 485 g/mol. The number of rotatable bonds is 7. The molecule has 5 rings (SSSR count). The van der Waals surface area contributed by atoms with Crippen LogP contribution in [0.3, 0.4) is 0 Å². The third-order valence-electron chi connectivity index (χ3n) is 12.5. The lowest BCUT2D eigenvalue weighted by molar-refractivity contribution is 0.0160. The van der Waals surface area contributed by atoms with Crippen molar-refractivity contribution in [2.24, 2.45) is 65.1 Å². The number of fused-ring (bicyclic) bond motifs is 1. The minimum Gasteiger partial charge on any atom is -0.0654 e. The number of unbranched alkanes of at least 4 members (excludes halogenated alkanes) is 1. The van der Waals surface area contributed by atoms with Gasteiger partial charge in [0.25, 0.3) is 0 Å². The molecule has 0 heteroatoms. The van der Waals surface area contributed by atoms with Gasteiger partial charge in [0.1, 0.15) is 0 Å². The zero-order valence-electron chi connectivity index (χ0n) is 24.8. The van der Waals surface area contributed by atoms with E-state index in [9.17, 15) is 0 Å². The van der Waals surface area contributed by atoms with Crippen LogP contribution in [0, 0.1) is 65.1 Å². The van der Waals surface area contributed by atoms with Crippen molar-refractivity contribution in [3.63, 3.8) is 0 Å². The summed E-state index contributed by atoms with van der Waals surface area (Å²) in [5.74, 6) is 12.0. The van der Waals surface area contributed by atoms with Gasteiger partial charge in [0.05, 0.1) is 0 Å². The molecular formula is C35H64. The summed E-state index contributed by atoms with van der Waals surface area (Å²) in [5, 5.41) is 0. The van der Waals surface area contributed by atoms with Gasteiger partial charge >= 0.3 is 0 Å². The highest BCUT2D eigenvalue weighted by atomic mass is 14.5. The molecule has 0 amide bonds. The third kappa shape index (κ3) is 6.91. The van der Waals surface area contributed by atoms with E-state index in [4.69, 9.17) is 0 Å². The van der Waals surface area contributed by atoms with Crippen molar-refractivity contribution in [1.29, 1.82) is 0 Å². The van der Waals surface area contributed by atoms with Crippen molar-refractivity contribution in [3.8, 4) is 0 Å². The Morgan fingerprint density at radius 1 is 0.600 bits per heavy atom. The molecule has 0 spiro atoms. The van der Waals surface area contributed by atoms with E-state index in [1.54, 1.807) is 57.8 Å². The molecule has 0 aliphatic heterocycles. The van der Waals surface area contributed by atoms with Crippen molar-refractivity contribution in [1.82, 2.24) is 0 Å². The summed E-state index contributed by atoms with van der Waals surface area (Å²) in [5.41, 5.74) is 0. The lowest BCUT2D eigenvalue weighted by Gasteiger charge is -2.47. The smallest absolute Gasteiger partial charge is 0.0324 e. The molecule has 0 aromatic rings. The summed E-state index contributed by atoms with van der Waals surface area (Å²) in [7, 11) is 0. The topological polar surface area (TPSA) is 0 Å². The van der Waals surface area contributed by atoms with Crippen molar-refractivity contribution < 1.29 is 0 Å². The van der Waals surface area contributed by atoms with Crippen molar-refractivity contribution >= 4 is 0 Å². The van der Waals surface area contributed by atoms with Gasteiger partial charge in [-0.15, -0.1) is 0 Å². The molecule has 0 heterocycles. The molecule has 0 saturated heterocycles. The van der Waals surface area contributed by atoms with E-state index < -0.39 is 0 Å². The monoisotopic (exact) mass is 485 g/mol. The molecule has 10 atom stereocenters. The van der Waals surface area contributed by atoms with Gasteiger partial charge < -0.3 is 0 Å². The second-order valence-corrected chi connectivity index (χ2v) is 14.6. The first-order chi connectivity index (χ1) is 17.0. The molecule has 35 heavy (non-hydrogen) atoms. The van der Waals surface area contributed by atoms with Gasteiger partial charge in [0, 0.05) is 0 Å². The van der Waals surface area contributed by atoms with Crippen molar-refractivity contribution in [2.75, 3.05) is 0 Å². The van der Waals surface area contributed by atoms with Gasteiger partial charge in [-0.3, -0.25) is 0 Å². The highest BCUT2D eigenvalue weighted by Crippen LogP contribution is 2.56. The summed E-state index contributed by atoms with van der Waals surface area (Å²) in [6.45, 7) is 12.2. The number of hydrogen-bond acceptors (Lipinski definition) is 0. The fourth-order valence-electron chi connectivity index (χ4n) is 10.6. The average Bonchev–Trinajstić information content (AvgIpc) is 3.65. The fraction of sp³-hybridized carbons (Fsp3) is 1.00. The first kappa shape index (κ1) is 28.0. The van der Waals surface area contributed by atoms with E-state index in [2.05, 4.69) is 34.6 Å². The first-order valence-corrected chi connectivity index (χ1v) is 17.0. The van der Waals surface area contributed by atoms with Crippen LogP contribution in [-0.4, -0.2) is 0 Å². The molecule has 204 valence electrons. The number of hydrogen-bond donors (Lipinski definition) is 0. The van der Waals surface area contributed by atoms with Crippen LogP contribution in [0.25, 0.3) is 0 Å². The Morgan fingerprint density at radius 2 is 1.34 bits per heavy atom. The van der Waals surface area contributed by atoms with Gasteiger partial charge in [-0.25, -0.2) is 0 Å². The van der Waals surface area contributed by atoms with Crippen molar-refractivity contribution in [3.05, 3.63) is 0 Å². The first-order valence-electron chi connectivity index (χ1n) is 17.0. The molecule has 0 radical (unpaired) electrons. The van der Waals surface area contributed by atoms with Crippen LogP contribution < -0.4 is 0 Å². The molecule has 0 N–H and O–H groups in total. The van der Waals surface area contributed by atoms with Crippen LogP contribution in [0.4, 0.5) is 0 Å². The Bertz CT molecular complexity index is 587. The molecule has 0 aromatic heterocycles. The summed E-state index contributed by atoms with van der Waals surface area (Å²) in [6.07, 6.45) is 29.0. The molecule has 5 aliphatic carbocycles. The van der Waals surface area contributed by atoms with Crippen LogP contribution in [0.2, 0.25) is 0 Å². The lowest BCUT2D eigenvalue weighted by atomic mass is 9.58. The Labute approximate surface area is 221 Å². The summed E-state index contributed by atoms with van der Waals surface area (Å²) >= 11 is 0. The van der Waals surface area contributed by atoms with Gasteiger partial charge in [-0.1, -0.05) is 112 Å². The van der Waals surface area contributed by atoms with Gasteiger partial charge in [0.2, 0.25) is 0 Å². The molecule has 0 aromatic carbocycles. The van der Waals surface area contributed by atoms with E-state index in [0.717, 1.165) is 65.1 Å². The predicted octanol–water partition coefficient (Wildman–Crippen LogP) is 11.3. The molecule has 0 nitrogen and oxygen atoms in total. The van der Waals surface area contributed by atoms with Crippen LogP contribution in [0.5, 0.6) is 0 Å². The minimum absolute atomic E-state index is 1.02. The SMILES string of the molecule is CCC1CCC(CC)C(C2CCC(C)C2)C1.CCCCC1C(C)CC2CCCC2C1C1CCCC1. The zero-order chi connectivity index (χ0) is 24.8. The molecular weight excluding hydrogens is 420 g/mol. The van der Waals surface area contributed by atoms with Crippen LogP contribution in [0.15, 0.2) is 0 Å². The Balaban J connectivity index is 0.000000168. The van der Waals surface area contributed by atoms with Crippen LogP contribution >= 0.6 is 0 Å². The Morgan fingerprint density at radius 3 is 2.00 bits per heavy atom. The maximum atomic E-state index is 2.59. The summed E-state index contributed by atoms with van der Waals surface area (Å²) < 4.78 is 0. The quantitative estimate of drug-likeness (QED) is 0.337. The summed E-state index contributed by atoms with van der Waals surface area (Å²) in [4.78, 5) is 0. The second kappa shape index (κ2) is 13.7. The fourth-order valence-corrected chi connectivity index (χ4v) is 10.6. The lowest BCUT2D eigenvalue weighted by Crippen LogP contribution is -2.40. The van der Waals surface area contributed by atoms with Crippen molar-refractivity contribution in [2.45, 2.75) is 157 Å². The molecule has 0 bridgehead atoms. The van der Waals surface area contributed by atoms with E-state index >= 15 is 0 Å². The minimum atomic E-state index is 1.02. The molecule has 5 aliphatic rings. The van der Waals surface area contributed by atoms with Gasteiger partial charge in [-0.2, -0.15) is 0 Å². The van der Waals surface area contributed by atoms with Crippen LogP contribution in [-0.2, 0) is 0 Å².